The van der Waals surface area contributed by atoms with E-state index in [4.69, 9.17) is 9.26 Å². The fraction of sp³-hybridized carbons (Fsp3) is 0.643. The third-order valence-electron chi connectivity index (χ3n) is 2.79. The van der Waals surface area contributed by atoms with Gasteiger partial charge in [-0.25, -0.2) is 0 Å². The van der Waals surface area contributed by atoms with Crippen molar-refractivity contribution >= 4 is 11.9 Å². The van der Waals surface area contributed by atoms with E-state index in [1.807, 2.05) is 13.8 Å². The van der Waals surface area contributed by atoms with Gasteiger partial charge in [-0.2, -0.15) is 0 Å². The Kier molecular flexibility index (Phi) is 6.21. The molecule has 0 unspecified atom stereocenters. The third-order valence-corrected chi connectivity index (χ3v) is 2.79. The van der Waals surface area contributed by atoms with Gasteiger partial charge in [-0.05, 0) is 20.3 Å². The third kappa shape index (κ3) is 4.36. The highest BCUT2D eigenvalue weighted by Crippen LogP contribution is 2.21. The number of nitrogens with one attached hydrogen (secondary N) is 1. The molecule has 0 bridgehead atoms. The molecule has 0 spiro atoms. The summed E-state index contributed by atoms with van der Waals surface area (Å²) in [6.07, 6.45) is 0.847. The van der Waals surface area contributed by atoms with E-state index in [0.29, 0.717) is 43.0 Å². The molecule has 0 aliphatic heterocycles. The van der Waals surface area contributed by atoms with Crippen LogP contribution in [0.25, 0.3) is 0 Å². The number of carbonyl (C=O) groups excluding carboxylic acids is 2. The zero-order valence-electron chi connectivity index (χ0n) is 12.5. The van der Waals surface area contributed by atoms with Gasteiger partial charge in [0.2, 0.25) is 0 Å². The molecule has 1 N–H and O–H groups in total. The van der Waals surface area contributed by atoms with Gasteiger partial charge in [-0.3, -0.25) is 9.59 Å². The summed E-state index contributed by atoms with van der Waals surface area (Å²) in [5, 5.41) is 6.60. The molecule has 0 radical (unpaired) electrons. The molecule has 1 amide bonds. The normalized spacial score (nSPS) is 10.7. The first-order valence-corrected chi connectivity index (χ1v) is 6.87. The minimum absolute atomic E-state index is 0.0940. The molecule has 0 aromatic carbocycles. The monoisotopic (exact) mass is 282 g/mol. The lowest BCUT2D eigenvalue weighted by molar-refractivity contribution is -0.143. The van der Waals surface area contributed by atoms with E-state index in [9.17, 15) is 9.59 Å². The van der Waals surface area contributed by atoms with Crippen molar-refractivity contribution in [2.45, 2.75) is 46.5 Å². The van der Waals surface area contributed by atoms with E-state index in [2.05, 4.69) is 10.5 Å². The molecular formula is C14H22N2O4. The van der Waals surface area contributed by atoms with Crippen LogP contribution in [0.15, 0.2) is 4.52 Å². The van der Waals surface area contributed by atoms with Gasteiger partial charge in [-0.15, -0.1) is 0 Å². The van der Waals surface area contributed by atoms with Crippen LogP contribution in [0.5, 0.6) is 0 Å². The van der Waals surface area contributed by atoms with E-state index in [1.165, 1.54) is 0 Å². The highest BCUT2D eigenvalue weighted by atomic mass is 16.5. The van der Waals surface area contributed by atoms with Gasteiger partial charge >= 0.3 is 5.97 Å². The number of esters is 1. The number of hydrogen-bond acceptors (Lipinski definition) is 5. The maximum atomic E-state index is 12.1. The second-order valence-corrected chi connectivity index (χ2v) is 4.83. The van der Waals surface area contributed by atoms with Gasteiger partial charge in [0, 0.05) is 18.9 Å². The van der Waals surface area contributed by atoms with Crippen LogP contribution in [0, 0.1) is 6.92 Å². The molecule has 0 saturated heterocycles. The minimum atomic E-state index is -0.245. The predicted molar refractivity (Wildman–Crippen MR) is 73.5 cm³/mol. The molecular weight excluding hydrogens is 260 g/mol. The summed E-state index contributed by atoms with van der Waals surface area (Å²) >= 11 is 0. The highest BCUT2D eigenvalue weighted by molar-refractivity contribution is 5.96. The summed E-state index contributed by atoms with van der Waals surface area (Å²) < 4.78 is 9.98. The first-order valence-electron chi connectivity index (χ1n) is 6.87. The van der Waals surface area contributed by atoms with E-state index in [1.54, 1.807) is 13.8 Å². The van der Waals surface area contributed by atoms with Crippen molar-refractivity contribution in [2.75, 3.05) is 13.2 Å². The van der Waals surface area contributed by atoms with Crippen molar-refractivity contribution in [3.8, 4) is 0 Å². The first kappa shape index (κ1) is 16.2. The first-order chi connectivity index (χ1) is 9.47. The maximum Gasteiger partial charge on any atom is 0.305 e. The zero-order chi connectivity index (χ0) is 15.1. The lowest BCUT2D eigenvalue weighted by Gasteiger charge is -2.07. The van der Waals surface area contributed by atoms with Crippen molar-refractivity contribution in [2.24, 2.45) is 0 Å². The van der Waals surface area contributed by atoms with Crippen LogP contribution >= 0.6 is 0 Å². The molecule has 112 valence electrons. The number of hydrogen-bond donors (Lipinski definition) is 1. The molecule has 20 heavy (non-hydrogen) atoms. The Bertz CT molecular complexity index is 466. The molecule has 1 rings (SSSR count). The van der Waals surface area contributed by atoms with Gasteiger partial charge in [-0.1, -0.05) is 19.0 Å². The molecule has 1 aromatic heterocycles. The largest absolute Gasteiger partial charge is 0.466 e. The summed E-state index contributed by atoms with van der Waals surface area (Å²) in [5.74, 6) is 0.226. The summed E-state index contributed by atoms with van der Waals surface area (Å²) in [6.45, 7) is 8.18. The van der Waals surface area contributed by atoms with Crippen LogP contribution < -0.4 is 5.32 Å². The van der Waals surface area contributed by atoms with Crippen LogP contribution in [-0.2, 0) is 9.53 Å². The molecule has 6 nitrogen and oxygen atoms in total. The van der Waals surface area contributed by atoms with Crippen LogP contribution in [0.3, 0.4) is 0 Å². The number of amides is 1. The van der Waals surface area contributed by atoms with E-state index < -0.39 is 0 Å². The molecule has 6 heteroatoms. The Hall–Kier alpha value is -1.85. The van der Waals surface area contributed by atoms with Gasteiger partial charge < -0.3 is 14.6 Å². The Morgan fingerprint density at radius 3 is 2.70 bits per heavy atom. The lowest BCUT2D eigenvalue weighted by Crippen LogP contribution is -2.26. The molecule has 0 saturated carbocycles. The van der Waals surface area contributed by atoms with Crippen molar-refractivity contribution in [3.63, 3.8) is 0 Å². The second-order valence-electron chi connectivity index (χ2n) is 4.83. The minimum Gasteiger partial charge on any atom is -0.466 e. The Balaban J connectivity index is 2.48. The molecule has 1 heterocycles. The number of aryl methyl sites for hydroxylation is 1. The van der Waals surface area contributed by atoms with Crippen LogP contribution in [0.2, 0.25) is 0 Å². The van der Waals surface area contributed by atoms with Gasteiger partial charge in [0.05, 0.1) is 12.3 Å². The van der Waals surface area contributed by atoms with Crippen molar-refractivity contribution in [3.05, 3.63) is 17.0 Å². The highest BCUT2D eigenvalue weighted by Gasteiger charge is 2.22. The summed E-state index contributed by atoms with van der Waals surface area (Å²) in [7, 11) is 0. The number of nitrogens with zero attached hydrogens (tertiary/aromatic N) is 1. The quantitative estimate of drug-likeness (QED) is 0.612. The van der Waals surface area contributed by atoms with Gasteiger partial charge in [0.1, 0.15) is 5.56 Å². The Morgan fingerprint density at radius 2 is 2.10 bits per heavy atom. The van der Waals surface area contributed by atoms with E-state index in [0.717, 1.165) is 0 Å². The summed E-state index contributed by atoms with van der Waals surface area (Å²) in [6, 6.07) is 0. The van der Waals surface area contributed by atoms with Gasteiger partial charge in [0.25, 0.3) is 5.91 Å². The SMILES string of the molecule is CCOC(=O)CCCNC(=O)c1c(C)noc1C(C)C. The van der Waals surface area contributed by atoms with Crippen molar-refractivity contribution in [1.29, 1.82) is 0 Å². The molecule has 0 aliphatic carbocycles. The summed E-state index contributed by atoms with van der Waals surface area (Å²) in [5.41, 5.74) is 1.08. The zero-order valence-corrected chi connectivity index (χ0v) is 12.5. The summed E-state index contributed by atoms with van der Waals surface area (Å²) in [4.78, 5) is 23.2. The van der Waals surface area contributed by atoms with Gasteiger partial charge in [0.15, 0.2) is 5.76 Å². The topological polar surface area (TPSA) is 81.4 Å². The number of ether oxygens (including phenoxy) is 1. The average molecular weight is 282 g/mol. The Morgan fingerprint density at radius 1 is 1.40 bits per heavy atom. The van der Waals surface area contributed by atoms with Crippen LogP contribution in [0.1, 0.15) is 61.3 Å². The van der Waals surface area contributed by atoms with E-state index in [-0.39, 0.29) is 17.8 Å². The van der Waals surface area contributed by atoms with Crippen LogP contribution in [-0.4, -0.2) is 30.2 Å². The number of carbonyl (C=O) groups is 2. The number of aromatic nitrogens is 1. The Labute approximate surface area is 118 Å². The molecule has 1 aromatic rings. The second kappa shape index (κ2) is 7.67. The van der Waals surface area contributed by atoms with Crippen LogP contribution in [0.4, 0.5) is 0 Å². The predicted octanol–water partition coefficient (Wildman–Crippen LogP) is 2.18. The van der Waals surface area contributed by atoms with Crippen molar-refractivity contribution in [1.82, 2.24) is 10.5 Å². The molecule has 0 atom stereocenters. The molecule has 0 fully saturated rings. The average Bonchev–Trinajstić information content (AvgIpc) is 2.77. The lowest BCUT2D eigenvalue weighted by atomic mass is 10.0. The smallest absolute Gasteiger partial charge is 0.305 e. The number of rotatable bonds is 7. The fourth-order valence-corrected chi connectivity index (χ4v) is 1.81. The van der Waals surface area contributed by atoms with E-state index >= 15 is 0 Å². The van der Waals surface area contributed by atoms with Crippen molar-refractivity contribution < 1.29 is 18.8 Å². The standard InChI is InChI=1S/C14H22N2O4/c1-5-19-11(17)7-6-8-15-14(18)12-10(4)16-20-13(12)9(2)3/h9H,5-8H2,1-4H3,(H,15,18). The fourth-order valence-electron chi connectivity index (χ4n) is 1.81. The maximum absolute atomic E-state index is 12.1. The molecule has 0 aliphatic rings.